The highest BCUT2D eigenvalue weighted by atomic mass is 19.1. The van der Waals surface area contributed by atoms with E-state index >= 15 is 4.39 Å². The molecule has 7 aliphatic rings. The molecule has 2 amide bonds. The second-order valence-corrected chi connectivity index (χ2v) is 26.1. The van der Waals surface area contributed by atoms with Gasteiger partial charge >= 0.3 is 17.7 Å². The number of likely N-dealkylation sites (N-methyl/N-ethyl adjacent to an activating group) is 1. The molecule has 27 nitrogen and oxygen atoms in total. The van der Waals surface area contributed by atoms with Crippen molar-refractivity contribution >= 4 is 68.8 Å². The number of carboxylic acids is 1. The first-order chi connectivity index (χ1) is 46.6. The van der Waals surface area contributed by atoms with E-state index in [4.69, 9.17) is 29.5 Å². The molecule has 1 aliphatic carbocycles. The molecule has 528 valence electrons. The summed E-state index contributed by atoms with van der Waals surface area (Å²) >= 11 is 0. The molecule has 3 saturated heterocycles. The fraction of sp³-hybridized carbons (Fsp3) is 0.486. The van der Waals surface area contributed by atoms with Gasteiger partial charge in [0, 0.05) is 137 Å². The van der Waals surface area contributed by atoms with Crippen LogP contribution in [-0.2, 0) is 23.8 Å². The summed E-state index contributed by atoms with van der Waals surface area (Å²) in [7, 11) is 4.90. The molecule has 98 heavy (non-hydrogen) atoms. The molecule has 11 atom stereocenters. The number of aliphatic hydroxyl groups is 2. The summed E-state index contributed by atoms with van der Waals surface area (Å²) in [5.41, 5.74) is 2.02. The number of amides is 2. The number of aliphatic hydroxyl groups excluding tert-OH is 2. The first kappa shape index (κ1) is 73.1. The number of nitrogens with two attached hydrogens (primary N) is 1. The smallest absolute Gasteiger partial charge is 0.341 e. The summed E-state index contributed by atoms with van der Waals surface area (Å²) in [6, 6.07) is 4.79. The summed E-state index contributed by atoms with van der Waals surface area (Å²) in [4.78, 5) is 83.5. The van der Waals surface area contributed by atoms with Crippen molar-refractivity contribution in [1.29, 1.82) is 0 Å². The van der Waals surface area contributed by atoms with Gasteiger partial charge in [-0.25, -0.2) is 15.0 Å². The number of phenolic OH excluding ortho intramolecular Hbond substituents is 3. The zero-order valence-corrected chi connectivity index (χ0v) is 56.9. The summed E-state index contributed by atoms with van der Waals surface area (Å²) < 4.78 is 46.4. The van der Waals surface area contributed by atoms with Gasteiger partial charge in [0.25, 0.3) is 17.6 Å². The van der Waals surface area contributed by atoms with E-state index in [0.29, 0.717) is 54.1 Å². The van der Waals surface area contributed by atoms with Gasteiger partial charge in [-0.05, 0) is 83.3 Å². The zero-order chi connectivity index (χ0) is 71.4. The molecule has 5 bridgehead atoms. The second kappa shape index (κ2) is 30.7. The number of phenols is 3. The van der Waals surface area contributed by atoms with Crippen molar-refractivity contribution in [3.63, 3.8) is 0 Å². The Balaban J connectivity index is 0.000000234. The van der Waals surface area contributed by atoms with Crippen LogP contribution in [0.4, 0.5) is 15.8 Å². The number of hydrazone groups is 1. The predicted molar refractivity (Wildman–Crippen MR) is 363 cm³/mol. The SMILES string of the molecule is CO[C@H]1/C=C/O[C@@]2(C)Oc3c(C)c(O)c4c(O)c(c(/C=N\N5CCN(C)CC5)c(O)c4c3C2=O)NC(=O)/C(C)=C\C=C\[C@H](C)[C@H](O)[C@@H](C)[C@@H](O)[C@@H](C)[C@H](OC(C)=O)[C@@H]1C.COc1c(N2C[C@@H]3CCCN[C@@H]3C2)c(F)cc2c(=O)c(C(=O)O)cn(C3CC3)c12.NNC(=O)c1ccncc1. The maximum Gasteiger partial charge on any atom is 0.341 e. The summed E-state index contributed by atoms with van der Waals surface area (Å²) in [5.74, 6) is -4.83. The normalized spacial score (nSPS) is 27.3. The number of hydrogen-bond acceptors (Lipinski definition) is 23. The van der Waals surface area contributed by atoms with E-state index in [-0.39, 0.29) is 67.4 Å². The third-order valence-electron chi connectivity index (χ3n) is 19.4. The number of hydrazine groups is 1. The highest BCUT2D eigenvalue weighted by Gasteiger charge is 2.50. The van der Waals surface area contributed by atoms with E-state index in [9.17, 15) is 59.4 Å². The van der Waals surface area contributed by atoms with Gasteiger partial charge in [-0.2, -0.15) is 5.10 Å². The maximum absolute atomic E-state index is 15.3. The number of methoxy groups -OCH3 is 2. The molecule has 1 saturated carbocycles. The number of aromatic hydroxyl groups is 3. The van der Waals surface area contributed by atoms with Gasteiger partial charge in [-0.15, -0.1) is 0 Å². The van der Waals surface area contributed by atoms with Gasteiger partial charge in [-0.1, -0.05) is 45.9 Å². The first-order valence-electron chi connectivity index (χ1n) is 32.7. The first-order valence-corrected chi connectivity index (χ1v) is 32.7. The number of fused-ring (bicyclic) bond motifs is 16. The largest absolute Gasteiger partial charge is 0.507 e. The minimum Gasteiger partial charge on any atom is -0.507 e. The Bertz CT molecular complexity index is 4030. The molecule has 28 heteroatoms. The number of rotatable bonds is 9. The molecule has 2 aromatic heterocycles. The van der Waals surface area contributed by atoms with Gasteiger partial charge in [0.2, 0.25) is 5.43 Å². The van der Waals surface area contributed by atoms with Crippen molar-refractivity contribution in [3.05, 3.63) is 117 Å². The number of halogens is 1. The topological polar surface area (TPSA) is 372 Å². The average molecular weight is 1360 g/mol. The number of ketones is 1. The number of pyridine rings is 2. The lowest BCUT2D eigenvalue weighted by Crippen LogP contribution is -2.46. The van der Waals surface area contributed by atoms with Crippen LogP contribution in [0.15, 0.2) is 82.8 Å². The number of allylic oxidation sites excluding steroid dienone is 2. The van der Waals surface area contributed by atoms with Crippen molar-refractivity contribution in [3.8, 4) is 28.7 Å². The minimum atomic E-state index is -2.04. The fourth-order valence-electron chi connectivity index (χ4n) is 13.5. The number of benzene rings is 3. The predicted octanol–water partition coefficient (Wildman–Crippen LogP) is 6.39. The monoisotopic (exact) mass is 1360 g/mol. The molecule has 3 aromatic carbocycles. The van der Waals surface area contributed by atoms with Crippen LogP contribution in [0, 0.1) is 42.3 Å². The molecule has 11 N–H and O–H groups in total. The van der Waals surface area contributed by atoms with Crippen molar-refractivity contribution in [2.45, 2.75) is 123 Å². The highest BCUT2D eigenvalue weighted by Crippen LogP contribution is 2.55. The van der Waals surface area contributed by atoms with E-state index in [0.717, 1.165) is 51.9 Å². The molecule has 12 rings (SSSR count). The molecule has 8 heterocycles. The van der Waals surface area contributed by atoms with Crippen molar-refractivity contribution in [1.82, 2.24) is 30.2 Å². The third-order valence-corrected chi connectivity index (χ3v) is 19.4. The summed E-state index contributed by atoms with van der Waals surface area (Å²) in [6.07, 6.45) is 13.3. The number of anilines is 2. The third kappa shape index (κ3) is 15.1. The number of nitrogens with one attached hydrogen (secondary N) is 3. The van der Waals surface area contributed by atoms with Crippen LogP contribution >= 0.6 is 0 Å². The van der Waals surface area contributed by atoms with Crippen molar-refractivity contribution in [2.75, 3.05) is 77.3 Å². The van der Waals surface area contributed by atoms with Crippen LogP contribution in [0.3, 0.4) is 0 Å². The molecule has 0 spiro atoms. The van der Waals surface area contributed by atoms with E-state index in [1.165, 1.54) is 91.2 Å². The lowest BCUT2D eigenvalue weighted by Gasteiger charge is -2.38. The Labute approximate surface area is 566 Å². The number of nitrogens with zero attached hydrogens (tertiary/aromatic N) is 6. The number of aromatic nitrogens is 2. The Hall–Kier alpha value is -9.19. The molecule has 0 radical (unpaired) electrons. The van der Waals surface area contributed by atoms with E-state index < -0.39 is 106 Å². The molecular weight excluding hydrogens is 1270 g/mol. The average Bonchev–Trinajstić information content (AvgIpc) is 1.37. The van der Waals surface area contributed by atoms with Gasteiger partial charge in [0.05, 0.1) is 71.0 Å². The van der Waals surface area contributed by atoms with E-state index in [1.54, 1.807) is 61.6 Å². The molecule has 5 aromatic rings. The number of hydrogen-bond donors (Lipinski definition) is 10. The van der Waals surface area contributed by atoms with Gasteiger partial charge in [0.15, 0.2) is 17.3 Å². The zero-order valence-electron chi connectivity index (χ0n) is 56.9. The van der Waals surface area contributed by atoms with Crippen LogP contribution in [0.25, 0.3) is 21.7 Å². The summed E-state index contributed by atoms with van der Waals surface area (Å²) in [6.45, 7) is 17.5. The van der Waals surface area contributed by atoms with Gasteiger partial charge < -0.3 is 79.3 Å². The minimum absolute atomic E-state index is 0.0559. The lowest BCUT2D eigenvalue weighted by atomic mass is 9.78. The number of Topliss-reactive ketones (excluding diaryl/α,β-unsaturated/α-hetero) is 1. The second-order valence-electron chi connectivity index (χ2n) is 26.1. The standard InChI is InChI=1S/C43H58N4O12.C21H24FN3O4.C6H7N3O/c1-21-12-11-13-22(2)42(55)45-33-28(20-44-47-17-15-46(9)16-18-47)37(52)30-31(38(33)53)36(51)26(6)40-32(30)41(54)43(8,59-40)57-19-14-29(56-10)23(3)39(58-27(7)48)25(5)35(50)24(4)34(21)49;1-29-20-17-13(19(26)14(21(27)28)9-25(17)12-4-5-12)7-15(22)18(20)24-8-11-3-2-6-23-16(11)10-24;7-9-6(10)5-1-3-8-4-2-5/h11-14,19-21,23-25,29,34-35,39,49-53H,15-18H2,1-10H3,(H,45,55);7,9,11-12,16,23H,2-6,8,10H2,1H3,(H,27,28);1-4H,7H2,(H,9,10)/b12-11+,19-14+,22-13-,44-20-;;/t21-,23+,24+,25+,29-,34-,35+,39+,43-;11-,16+;/m00./s1. The molecule has 4 fully saturated rings. The van der Waals surface area contributed by atoms with E-state index in [1.807, 2.05) is 17.4 Å². The molecule has 6 aliphatic heterocycles. The Morgan fingerprint density at radius 2 is 1.61 bits per heavy atom. The number of carboxylic acid groups (broad SMARTS) is 1. The van der Waals surface area contributed by atoms with E-state index in [2.05, 4.69) is 25.6 Å². The number of piperidine rings is 1. The number of carbonyl (C=O) groups is 5. The lowest BCUT2D eigenvalue weighted by molar-refractivity contribution is -0.160. The maximum atomic E-state index is 15.3. The van der Waals surface area contributed by atoms with Gasteiger partial charge in [-0.3, -0.25) is 39.4 Å². The van der Waals surface area contributed by atoms with Crippen LogP contribution in [0.2, 0.25) is 0 Å². The van der Waals surface area contributed by atoms with Crippen LogP contribution in [0.1, 0.15) is 122 Å². The fourth-order valence-corrected chi connectivity index (χ4v) is 13.5. The number of carbonyl (C=O) groups excluding carboxylic acids is 4. The Kier molecular flexibility index (Phi) is 22.9. The number of aromatic carboxylic acids is 1. The number of piperazine rings is 1. The summed E-state index contributed by atoms with van der Waals surface area (Å²) in [5, 5.41) is 79.9. The quantitative estimate of drug-likeness (QED) is 0.0145. The molecular formula is C70H89FN10O17. The Morgan fingerprint density at radius 3 is 2.23 bits per heavy atom. The van der Waals surface area contributed by atoms with Crippen LogP contribution in [0.5, 0.6) is 28.7 Å². The van der Waals surface area contributed by atoms with Crippen molar-refractivity contribution < 1.29 is 82.7 Å². The van der Waals surface area contributed by atoms with Crippen LogP contribution < -0.4 is 41.7 Å². The number of esters is 1. The Morgan fingerprint density at radius 1 is 0.918 bits per heavy atom. The van der Waals surface area contributed by atoms with Gasteiger partial charge in [0.1, 0.15) is 34.6 Å². The van der Waals surface area contributed by atoms with Crippen LogP contribution in [-0.4, -0.2) is 189 Å². The highest BCUT2D eigenvalue weighted by molar-refractivity contribution is 6.24. The molecule has 0 unspecified atom stereocenters. The van der Waals surface area contributed by atoms with Crippen molar-refractivity contribution in [2.24, 2.45) is 40.5 Å². The number of ether oxygens (including phenoxy) is 5. The number of nitrogen functional groups attached to an aromatic ring is 1.